The quantitative estimate of drug-likeness (QED) is 0.801. The molecule has 0 N–H and O–H groups in total. The minimum Gasteiger partial charge on any atom is -0.340 e. The van der Waals surface area contributed by atoms with E-state index >= 15 is 0 Å². The Morgan fingerprint density at radius 2 is 1.93 bits per heavy atom. The highest BCUT2D eigenvalue weighted by atomic mass is 16.2. The van der Waals surface area contributed by atoms with Crippen LogP contribution in [0.3, 0.4) is 0 Å². The van der Waals surface area contributed by atoms with E-state index in [0.29, 0.717) is 25.4 Å². The maximum absolute atomic E-state index is 13.1. The Labute approximate surface area is 170 Å². The van der Waals surface area contributed by atoms with Crippen molar-refractivity contribution in [3.8, 4) is 0 Å². The summed E-state index contributed by atoms with van der Waals surface area (Å²) in [6, 6.07) is 6.23. The number of benzene rings is 1. The molecule has 7 nitrogen and oxygen atoms in total. The smallest absolute Gasteiger partial charge is 0.228 e. The molecule has 2 atom stereocenters. The molecule has 2 saturated heterocycles. The molecule has 7 heteroatoms. The first-order valence-corrected chi connectivity index (χ1v) is 10.6. The van der Waals surface area contributed by atoms with Crippen molar-refractivity contribution >= 4 is 17.5 Å². The number of hydrogen-bond acceptors (Lipinski definition) is 4. The number of aromatic nitrogens is 3. The van der Waals surface area contributed by atoms with Gasteiger partial charge in [-0.3, -0.25) is 9.59 Å². The highest BCUT2D eigenvalue weighted by molar-refractivity contribution is 6.00. The summed E-state index contributed by atoms with van der Waals surface area (Å²) in [7, 11) is 0. The average molecular weight is 393 g/mol. The van der Waals surface area contributed by atoms with Gasteiger partial charge >= 0.3 is 0 Å². The third-order valence-electron chi connectivity index (χ3n) is 6.65. The lowest BCUT2D eigenvalue weighted by Crippen LogP contribution is -2.36. The number of amides is 2. The minimum atomic E-state index is -0.263. The maximum atomic E-state index is 13.1. The van der Waals surface area contributed by atoms with E-state index in [1.165, 1.54) is 18.4 Å². The van der Waals surface area contributed by atoms with Crippen LogP contribution in [0.1, 0.15) is 54.5 Å². The number of rotatable bonds is 4. The number of nitrogens with zero attached hydrogens (tertiary/aromatic N) is 5. The molecule has 5 rings (SSSR count). The highest BCUT2D eigenvalue weighted by Crippen LogP contribution is 2.39. The zero-order valence-electron chi connectivity index (χ0n) is 17.0. The lowest BCUT2D eigenvalue weighted by Gasteiger charge is -2.21. The Bertz CT molecular complexity index is 964. The summed E-state index contributed by atoms with van der Waals surface area (Å²) in [6.07, 6.45) is 5.65. The number of aryl methyl sites for hydroxylation is 2. The molecule has 0 spiro atoms. The zero-order valence-corrected chi connectivity index (χ0v) is 17.0. The molecular weight excluding hydrogens is 366 g/mol. The fourth-order valence-electron chi connectivity index (χ4n) is 4.47. The molecule has 0 bridgehead atoms. The lowest BCUT2D eigenvalue weighted by atomic mass is 10.1. The fourth-order valence-corrected chi connectivity index (χ4v) is 4.47. The summed E-state index contributed by atoms with van der Waals surface area (Å²) in [6.45, 7) is 5.95. The van der Waals surface area contributed by atoms with Crippen molar-refractivity contribution in [2.45, 2.75) is 51.5 Å². The molecule has 3 heterocycles. The molecule has 0 radical (unpaired) electrons. The van der Waals surface area contributed by atoms with Crippen LogP contribution < -0.4 is 4.90 Å². The SMILES string of the molecule is Cc1ccc(N2CC(C(=O)N3CCC(n4cc(C5CC5)nn4)C3)CC2=O)cc1C. The second-order valence-electron chi connectivity index (χ2n) is 8.80. The van der Waals surface area contributed by atoms with Gasteiger partial charge in [-0.15, -0.1) is 5.10 Å². The molecule has 1 aliphatic carbocycles. The molecule has 2 aliphatic heterocycles. The summed E-state index contributed by atoms with van der Waals surface area (Å²) in [5, 5.41) is 8.59. The van der Waals surface area contributed by atoms with E-state index in [4.69, 9.17) is 0 Å². The molecule has 1 aromatic carbocycles. The van der Waals surface area contributed by atoms with Gasteiger partial charge in [-0.2, -0.15) is 0 Å². The number of anilines is 1. The van der Waals surface area contributed by atoms with Gasteiger partial charge in [0.05, 0.1) is 17.7 Å². The van der Waals surface area contributed by atoms with E-state index < -0.39 is 0 Å². The van der Waals surface area contributed by atoms with Crippen molar-refractivity contribution in [3.05, 3.63) is 41.2 Å². The van der Waals surface area contributed by atoms with Crippen molar-refractivity contribution < 1.29 is 9.59 Å². The van der Waals surface area contributed by atoms with Crippen LogP contribution in [0.5, 0.6) is 0 Å². The van der Waals surface area contributed by atoms with E-state index in [1.54, 1.807) is 4.90 Å². The van der Waals surface area contributed by atoms with E-state index in [0.717, 1.165) is 29.9 Å². The van der Waals surface area contributed by atoms with Gasteiger partial charge in [-0.05, 0) is 56.4 Å². The van der Waals surface area contributed by atoms with Crippen LogP contribution >= 0.6 is 0 Å². The average Bonchev–Trinajstić information content (AvgIpc) is 3.10. The van der Waals surface area contributed by atoms with Gasteiger partial charge < -0.3 is 9.80 Å². The number of carbonyl (C=O) groups excluding carboxylic acids is 2. The first-order chi connectivity index (χ1) is 14.0. The monoisotopic (exact) mass is 393 g/mol. The van der Waals surface area contributed by atoms with Crippen molar-refractivity contribution in [3.63, 3.8) is 0 Å². The third kappa shape index (κ3) is 3.43. The van der Waals surface area contributed by atoms with Crippen molar-refractivity contribution in [2.75, 3.05) is 24.5 Å². The largest absolute Gasteiger partial charge is 0.340 e. The van der Waals surface area contributed by atoms with Crippen LogP contribution in [-0.2, 0) is 9.59 Å². The predicted octanol–water partition coefficient (Wildman–Crippen LogP) is 2.60. The standard InChI is InChI=1S/C22H27N5O2/c1-14-3-6-18(9-15(14)2)26-11-17(10-21(26)28)22(29)25-8-7-19(12-25)27-13-20(23-24-27)16-4-5-16/h3,6,9,13,16-17,19H,4-5,7-8,10-12H2,1-2H3. The van der Waals surface area contributed by atoms with Crippen molar-refractivity contribution in [1.82, 2.24) is 19.9 Å². The van der Waals surface area contributed by atoms with E-state index in [9.17, 15) is 9.59 Å². The topological polar surface area (TPSA) is 71.3 Å². The zero-order chi connectivity index (χ0) is 20.1. The molecule has 1 saturated carbocycles. The van der Waals surface area contributed by atoms with Crippen molar-refractivity contribution in [1.29, 1.82) is 0 Å². The minimum absolute atomic E-state index is 0.0349. The summed E-state index contributed by atoms with van der Waals surface area (Å²) in [4.78, 5) is 29.4. The molecule has 2 unspecified atom stereocenters. The van der Waals surface area contributed by atoms with Crippen LogP contribution in [-0.4, -0.2) is 51.3 Å². The molecule has 1 aromatic heterocycles. The second-order valence-corrected chi connectivity index (χ2v) is 8.80. The number of likely N-dealkylation sites (tertiary alicyclic amines) is 1. The van der Waals surface area contributed by atoms with E-state index in [-0.39, 0.29) is 23.8 Å². The Balaban J connectivity index is 1.23. The maximum Gasteiger partial charge on any atom is 0.228 e. The van der Waals surface area contributed by atoms with Gasteiger partial charge in [-0.1, -0.05) is 11.3 Å². The number of hydrogen-bond donors (Lipinski definition) is 0. The summed E-state index contributed by atoms with van der Waals surface area (Å²) in [5.41, 5.74) is 4.34. The fraction of sp³-hybridized carbons (Fsp3) is 0.545. The van der Waals surface area contributed by atoms with E-state index in [2.05, 4.69) is 23.4 Å². The van der Waals surface area contributed by atoms with Crippen LogP contribution in [0, 0.1) is 19.8 Å². The molecular formula is C22H27N5O2. The normalized spacial score (nSPS) is 24.6. The first-order valence-electron chi connectivity index (χ1n) is 10.6. The molecule has 29 heavy (non-hydrogen) atoms. The van der Waals surface area contributed by atoms with E-state index in [1.807, 2.05) is 34.7 Å². The van der Waals surface area contributed by atoms with Gasteiger partial charge in [0, 0.05) is 43.9 Å². The molecule has 3 fully saturated rings. The third-order valence-corrected chi connectivity index (χ3v) is 6.65. The summed E-state index contributed by atoms with van der Waals surface area (Å²) >= 11 is 0. The summed E-state index contributed by atoms with van der Waals surface area (Å²) < 4.78 is 1.93. The van der Waals surface area contributed by atoms with Crippen LogP contribution in [0.25, 0.3) is 0 Å². The van der Waals surface area contributed by atoms with Gasteiger partial charge in [0.25, 0.3) is 0 Å². The first kappa shape index (κ1) is 18.3. The van der Waals surface area contributed by atoms with Crippen LogP contribution in [0.15, 0.2) is 24.4 Å². The Kier molecular flexibility index (Phi) is 4.41. The van der Waals surface area contributed by atoms with Gasteiger partial charge in [0.2, 0.25) is 11.8 Å². The molecule has 2 aromatic rings. The van der Waals surface area contributed by atoms with Gasteiger partial charge in [0.1, 0.15) is 0 Å². The predicted molar refractivity (Wildman–Crippen MR) is 109 cm³/mol. The molecule has 3 aliphatic rings. The molecule has 2 amide bonds. The highest BCUT2D eigenvalue weighted by Gasteiger charge is 2.39. The second kappa shape index (κ2) is 6.97. The van der Waals surface area contributed by atoms with Crippen LogP contribution in [0.4, 0.5) is 5.69 Å². The molecule has 152 valence electrons. The van der Waals surface area contributed by atoms with Gasteiger partial charge in [-0.25, -0.2) is 4.68 Å². The summed E-state index contributed by atoms with van der Waals surface area (Å²) in [5.74, 6) is 0.451. The Morgan fingerprint density at radius 3 is 2.69 bits per heavy atom. The van der Waals surface area contributed by atoms with Gasteiger partial charge in [0.15, 0.2) is 0 Å². The van der Waals surface area contributed by atoms with Crippen molar-refractivity contribution in [2.24, 2.45) is 5.92 Å². The number of carbonyl (C=O) groups is 2. The Morgan fingerprint density at radius 1 is 1.10 bits per heavy atom. The lowest BCUT2D eigenvalue weighted by molar-refractivity contribution is -0.134. The Hall–Kier alpha value is -2.70. The van der Waals surface area contributed by atoms with Crippen LogP contribution in [0.2, 0.25) is 0 Å².